The fourth-order valence-electron chi connectivity index (χ4n) is 6.81. The standard InChI is InChI=1S/C30H32ClN11O8S3.C16H19N7O3S.C2H6/c1-4-51(43)14-12-34-26-22(17-32)18(2)25(27(37-26)33-11-6-13-50-3)42-41-23-16-20(9-10-24(23)53(47,48)49)36-30-39-28(31)38-29(40-30)35-19-7-5-8-21(15-19)52(44,45)46;1-9-11(8-17)15(19-3)21-16(20-4)14(9)23-22-12-7-10(18-2)5-6-13(12)27(24,25)26;1-2/h4-5,7-10,15-16H,1,6,11-14H2,2-3H3,(H2,33,34,37)(H,44,45,46)(H,47,48,49)(H2,35,36,38,39,40);5-7,18H,1-4H3,(H2,19,20,21)(H,24,25,26);1-2H3. The van der Waals surface area contributed by atoms with Crippen LogP contribution in [0.1, 0.15) is 42.5 Å². The number of hydrogen-bond acceptors (Lipinski definition) is 26. The number of rotatable bonds is 24. The van der Waals surface area contributed by atoms with Crippen molar-refractivity contribution in [2.24, 2.45) is 20.5 Å². The molecule has 3 aromatic heterocycles. The first-order valence-corrected chi connectivity index (χ1v) is 30.0. The highest BCUT2D eigenvalue weighted by atomic mass is 35.5. The molecular formula is C48H57ClN18O11S4. The predicted octanol–water partition coefficient (Wildman–Crippen LogP) is 9.32. The van der Waals surface area contributed by atoms with Gasteiger partial charge in [0.2, 0.25) is 17.2 Å². The first-order valence-electron chi connectivity index (χ1n) is 23.9. The SMILES string of the molecule is C=CS(=O)CCNc1nc(NCCCOC)c(N=Nc2cc(Nc3nc(Cl)nc(Nc4cccc(S(=O)(=O)O)c4)n3)ccc2S(=O)(=O)O)c(C)c1C#N.CC.CNc1ccc(S(=O)(=O)O)c(N=Nc2c(NC)nc(NC)c(C#N)c2C)c1. The summed E-state index contributed by atoms with van der Waals surface area (Å²) in [6.07, 6.45) is 0.574. The molecule has 0 aliphatic heterocycles. The Morgan fingerprint density at radius 2 is 1.16 bits per heavy atom. The van der Waals surface area contributed by atoms with E-state index in [4.69, 9.17) is 16.3 Å². The minimum absolute atomic E-state index is 0.0537. The number of pyridine rings is 2. The van der Waals surface area contributed by atoms with E-state index in [-0.39, 0.29) is 90.6 Å². The average molecular weight is 1230 g/mol. The Bertz CT molecular complexity index is 3830. The molecule has 0 bridgehead atoms. The van der Waals surface area contributed by atoms with Crippen molar-refractivity contribution in [2.75, 3.05) is 90.9 Å². The zero-order valence-electron chi connectivity index (χ0n) is 45.1. The van der Waals surface area contributed by atoms with Crippen LogP contribution in [0.5, 0.6) is 0 Å². The van der Waals surface area contributed by atoms with Crippen LogP contribution >= 0.6 is 11.6 Å². The lowest BCUT2D eigenvalue weighted by molar-refractivity contribution is 0.198. The van der Waals surface area contributed by atoms with Crippen molar-refractivity contribution in [2.45, 2.75) is 48.8 Å². The highest BCUT2D eigenvalue weighted by Gasteiger charge is 2.22. The van der Waals surface area contributed by atoms with Crippen LogP contribution < -0.4 is 37.2 Å². The highest BCUT2D eigenvalue weighted by Crippen LogP contribution is 2.38. The van der Waals surface area contributed by atoms with E-state index >= 15 is 0 Å². The largest absolute Gasteiger partial charge is 0.388 e. The first-order chi connectivity index (χ1) is 38.9. The number of hydrogen-bond donors (Lipinski definition) is 10. The maximum atomic E-state index is 12.3. The molecule has 1 atom stereocenters. The summed E-state index contributed by atoms with van der Waals surface area (Å²) in [5, 5.41) is 57.2. The lowest BCUT2D eigenvalue weighted by Crippen LogP contribution is -2.14. The molecule has 82 heavy (non-hydrogen) atoms. The van der Waals surface area contributed by atoms with Gasteiger partial charge in [-0.3, -0.25) is 17.9 Å². The van der Waals surface area contributed by atoms with Gasteiger partial charge >= 0.3 is 0 Å². The summed E-state index contributed by atoms with van der Waals surface area (Å²) < 4.78 is 117. The number of methoxy groups -OCH3 is 1. The van der Waals surface area contributed by atoms with Crippen molar-refractivity contribution in [1.82, 2.24) is 24.9 Å². The van der Waals surface area contributed by atoms with Crippen LogP contribution in [0.3, 0.4) is 0 Å². The van der Waals surface area contributed by atoms with Gasteiger partial charge in [0.15, 0.2) is 11.6 Å². The second-order valence-electron chi connectivity index (χ2n) is 16.0. The maximum absolute atomic E-state index is 12.3. The fourth-order valence-corrected chi connectivity index (χ4v) is 9.18. The van der Waals surface area contributed by atoms with Crippen molar-refractivity contribution >= 4 is 128 Å². The van der Waals surface area contributed by atoms with E-state index in [0.717, 1.165) is 12.1 Å². The number of nitrogens with one attached hydrogen (secondary N) is 7. The van der Waals surface area contributed by atoms with E-state index in [1.54, 1.807) is 42.1 Å². The summed E-state index contributed by atoms with van der Waals surface area (Å²) in [4.78, 5) is 19.6. The molecule has 6 rings (SSSR count). The average Bonchev–Trinajstić information content (AvgIpc) is 3.62. The van der Waals surface area contributed by atoms with Gasteiger partial charge in [-0.2, -0.15) is 50.7 Å². The van der Waals surface area contributed by atoms with Gasteiger partial charge in [-0.1, -0.05) is 26.5 Å². The molecule has 0 saturated heterocycles. The number of anilines is 9. The second-order valence-corrected chi connectivity index (χ2v) is 22.0. The Kier molecular flexibility index (Phi) is 24.6. The molecule has 3 aromatic carbocycles. The van der Waals surface area contributed by atoms with Crippen LogP contribution in [-0.2, 0) is 45.9 Å². The zero-order chi connectivity index (χ0) is 61.0. The van der Waals surface area contributed by atoms with E-state index in [9.17, 15) is 53.6 Å². The molecule has 0 aliphatic carbocycles. The summed E-state index contributed by atoms with van der Waals surface area (Å²) in [6, 6.07) is 17.0. The second kappa shape index (κ2) is 30.4. The number of halogens is 1. The monoisotopic (exact) mass is 1220 g/mol. The van der Waals surface area contributed by atoms with Gasteiger partial charge in [0.1, 0.15) is 56.3 Å². The normalized spacial score (nSPS) is 11.7. The van der Waals surface area contributed by atoms with Crippen LogP contribution in [-0.4, -0.2) is 122 Å². The van der Waals surface area contributed by atoms with Crippen molar-refractivity contribution in [1.29, 1.82) is 10.5 Å². The molecule has 0 fully saturated rings. The molecule has 436 valence electrons. The van der Waals surface area contributed by atoms with Gasteiger partial charge < -0.3 is 42.0 Å². The number of nitrogens with zero attached hydrogens (tertiary/aromatic N) is 11. The predicted molar refractivity (Wildman–Crippen MR) is 313 cm³/mol. The van der Waals surface area contributed by atoms with Crippen LogP contribution in [0, 0.1) is 36.5 Å². The van der Waals surface area contributed by atoms with E-state index in [1.165, 1.54) is 53.9 Å². The van der Waals surface area contributed by atoms with Gasteiger partial charge in [0.05, 0.1) is 16.0 Å². The topological polar surface area (TPSA) is 435 Å². The third-order valence-corrected chi connectivity index (χ3v) is 14.5. The van der Waals surface area contributed by atoms with Crippen LogP contribution in [0.15, 0.2) is 108 Å². The Hall–Kier alpha value is -8.38. The van der Waals surface area contributed by atoms with Gasteiger partial charge in [-0.05, 0) is 91.9 Å². The zero-order valence-corrected chi connectivity index (χ0v) is 49.2. The molecule has 0 amide bonds. The molecule has 0 radical (unpaired) electrons. The molecule has 29 nitrogen and oxygen atoms in total. The van der Waals surface area contributed by atoms with Crippen LogP contribution in [0.2, 0.25) is 5.28 Å². The molecule has 1 unspecified atom stereocenters. The van der Waals surface area contributed by atoms with Gasteiger partial charge in [-0.25, -0.2) is 9.97 Å². The number of nitriles is 2. The quantitative estimate of drug-likeness (QED) is 0.0153. The Labute approximate surface area is 481 Å². The van der Waals surface area contributed by atoms with Crippen molar-refractivity contribution in [3.05, 3.63) is 100 Å². The number of ether oxygens (including phenoxy) is 1. The fraction of sp³-hybridized carbons (Fsp3) is 0.271. The number of aromatic nitrogens is 5. The Morgan fingerprint density at radius 3 is 1.66 bits per heavy atom. The van der Waals surface area contributed by atoms with E-state index in [2.05, 4.69) is 101 Å². The first kappa shape index (κ1) is 66.1. The van der Waals surface area contributed by atoms with Gasteiger partial charge in [0.25, 0.3) is 30.4 Å². The van der Waals surface area contributed by atoms with Gasteiger partial charge in [-0.15, -0.1) is 20.5 Å². The van der Waals surface area contributed by atoms with Crippen molar-refractivity contribution in [3.8, 4) is 12.1 Å². The van der Waals surface area contributed by atoms with Crippen LogP contribution in [0.25, 0.3) is 0 Å². The molecule has 3 heterocycles. The van der Waals surface area contributed by atoms with E-state index < -0.39 is 46.0 Å². The molecule has 0 aliphatic rings. The van der Waals surface area contributed by atoms with Gasteiger partial charge in [0, 0.05) is 92.7 Å². The smallest absolute Gasteiger partial charge is 0.296 e. The number of benzene rings is 3. The molecule has 0 saturated carbocycles. The summed E-state index contributed by atoms with van der Waals surface area (Å²) >= 11 is 6.10. The highest BCUT2D eigenvalue weighted by molar-refractivity contribution is 7.88. The lowest BCUT2D eigenvalue weighted by Gasteiger charge is -2.15. The lowest BCUT2D eigenvalue weighted by atomic mass is 10.1. The molecule has 0 spiro atoms. The third kappa shape index (κ3) is 18.3. The number of azo groups is 2. The van der Waals surface area contributed by atoms with Crippen LogP contribution in [0.4, 0.5) is 75.0 Å². The van der Waals surface area contributed by atoms with Crippen molar-refractivity contribution < 1.29 is 47.9 Å². The third-order valence-electron chi connectivity index (χ3n) is 10.7. The summed E-state index contributed by atoms with van der Waals surface area (Å²) in [5.74, 6) is 1.09. The Balaban J connectivity index is 0.000000417. The summed E-state index contributed by atoms with van der Waals surface area (Å²) in [7, 11) is -8.60. The maximum Gasteiger partial charge on any atom is 0.296 e. The van der Waals surface area contributed by atoms with E-state index in [1.807, 2.05) is 13.8 Å². The van der Waals surface area contributed by atoms with Crippen molar-refractivity contribution in [3.63, 3.8) is 0 Å². The molecule has 6 aromatic rings. The molecule has 34 heteroatoms. The molecular weight excluding hydrogens is 1170 g/mol. The molecule has 10 N–H and O–H groups in total. The Morgan fingerprint density at radius 1 is 0.659 bits per heavy atom. The summed E-state index contributed by atoms with van der Waals surface area (Å²) in [5.41, 5.74) is 2.19. The minimum atomic E-state index is -4.82. The van der Waals surface area contributed by atoms with E-state index in [0.29, 0.717) is 53.6 Å². The summed E-state index contributed by atoms with van der Waals surface area (Å²) in [6.45, 7) is 11.8. The minimum Gasteiger partial charge on any atom is -0.388 e.